The lowest BCUT2D eigenvalue weighted by Gasteiger charge is -2.05. The molecule has 24 heavy (non-hydrogen) atoms. The molecule has 1 heterocycles. The van der Waals surface area contributed by atoms with Gasteiger partial charge in [0.1, 0.15) is 5.75 Å². The van der Waals surface area contributed by atoms with Crippen LogP contribution >= 0.6 is 0 Å². The van der Waals surface area contributed by atoms with Crippen molar-refractivity contribution in [2.24, 2.45) is 10.2 Å². The summed E-state index contributed by atoms with van der Waals surface area (Å²) in [4.78, 5) is 14.6. The van der Waals surface area contributed by atoms with Crippen LogP contribution in [0.1, 0.15) is 0 Å². The number of methoxy groups -OCH3 is 1. The number of nitrogens with one attached hydrogen (secondary N) is 2. The SMILES string of the molecule is COc1cccc(NCC(=O)N=Nc2c(O)[nH]c3ccccc23)c1. The van der Waals surface area contributed by atoms with E-state index in [1.165, 1.54) is 0 Å². The van der Waals surface area contributed by atoms with Crippen molar-refractivity contribution in [3.8, 4) is 11.6 Å². The Hall–Kier alpha value is -3.35. The van der Waals surface area contributed by atoms with Crippen LogP contribution < -0.4 is 10.1 Å². The van der Waals surface area contributed by atoms with Crippen LogP contribution in [-0.2, 0) is 4.79 Å². The molecule has 0 atom stereocenters. The van der Waals surface area contributed by atoms with Gasteiger partial charge in [0.15, 0.2) is 5.69 Å². The number of para-hydroxylation sites is 1. The number of hydrogen-bond acceptors (Lipinski definition) is 5. The van der Waals surface area contributed by atoms with Crippen LogP contribution in [-0.4, -0.2) is 29.7 Å². The smallest absolute Gasteiger partial charge is 0.283 e. The fourth-order valence-electron chi connectivity index (χ4n) is 2.27. The molecule has 3 rings (SSSR count). The maximum atomic E-state index is 11.9. The first-order valence-corrected chi connectivity index (χ1v) is 7.29. The fraction of sp³-hybridized carbons (Fsp3) is 0.118. The summed E-state index contributed by atoms with van der Waals surface area (Å²) in [5.41, 5.74) is 1.72. The van der Waals surface area contributed by atoms with Gasteiger partial charge in [0.05, 0.1) is 19.2 Å². The summed E-state index contributed by atoms with van der Waals surface area (Å²) < 4.78 is 5.11. The van der Waals surface area contributed by atoms with Crippen LogP contribution in [0.5, 0.6) is 11.6 Å². The van der Waals surface area contributed by atoms with Crippen molar-refractivity contribution in [1.29, 1.82) is 0 Å². The molecule has 0 spiro atoms. The molecule has 0 fully saturated rings. The summed E-state index contributed by atoms with van der Waals surface area (Å²) in [5.74, 6) is 0.119. The number of hydrogen-bond donors (Lipinski definition) is 3. The second kappa shape index (κ2) is 6.82. The van der Waals surface area contributed by atoms with E-state index in [-0.39, 0.29) is 18.1 Å². The molecule has 122 valence electrons. The lowest BCUT2D eigenvalue weighted by molar-refractivity contribution is -0.116. The van der Waals surface area contributed by atoms with E-state index in [4.69, 9.17) is 4.74 Å². The molecule has 0 aliphatic carbocycles. The summed E-state index contributed by atoms with van der Waals surface area (Å²) in [5, 5.41) is 21.0. The third-order valence-corrected chi connectivity index (χ3v) is 3.43. The lowest BCUT2D eigenvalue weighted by atomic mass is 10.2. The van der Waals surface area contributed by atoms with E-state index in [9.17, 15) is 9.90 Å². The number of azo groups is 1. The van der Waals surface area contributed by atoms with Gasteiger partial charge in [-0.3, -0.25) is 4.79 Å². The van der Waals surface area contributed by atoms with Crippen molar-refractivity contribution in [3.63, 3.8) is 0 Å². The van der Waals surface area contributed by atoms with Crippen LogP contribution in [0.15, 0.2) is 58.8 Å². The van der Waals surface area contributed by atoms with Gasteiger partial charge in [-0.25, -0.2) is 0 Å². The van der Waals surface area contributed by atoms with Crippen molar-refractivity contribution in [1.82, 2.24) is 4.98 Å². The number of aromatic amines is 1. The van der Waals surface area contributed by atoms with Gasteiger partial charge in [0, 0.05) is 17.1 Å². The lowest BCUT2D eigenvalue weighted by Crippen LogP contribution is -2.10. The van der Waals surface area contributed by atoms with Crippen molar-refractivity contribution in [3.05, 3.63) is 48.5 Å². The molecular weight excluding hydrogens is 308 g/mol. The largest absolute Gasteiger partial charge is 0.497 e. The number of nitrogens with zero attached hydrogens (tertiary/aromatic N) is 2. The zero-order valence-corrected chi connectivity index (χ0v) is 13.0. The van der Waals surface area contributed by atoms with Gasteiger partial charge in [0.2, 0.25) is 5.88 Å². The zero-order chi connectivity index (χ0) is 16.9. The summed E-state index contributed by atoms with van der Waals surface area (Å²) in [6.45, 7) is -0.0141. The summed E-state index contributed by atoms with van der Waals surface area (Å²) in [7, 11) is 1.58. The molecule has 1 amide bonds. The van der Waals surface area contributed by atoms with Crippen LogP contribution in [0, 0.1) is 0 Å². The summed E-state index contributed by atoms with van der Waals surface area (Å²) in [6, 6.07) is 14.5. The Morgan fingerprint density at radius 2 is 2.08 bits per heavy atom. The molecule has 7 nitrogen and oxygen atoms in total. The van der Waals surface area contributed by atoms with Gasteiger partial charge in [-0.05, 0) is 18.2 Å². The fourth-order valence-corrected chi connectivity index (χ4v) is 2.27. The number of fused-ring (bicyclic) bond motifs is 1. The highest BCUT2D eigenvalue weighted by molar-refractivity contribution is 5.94. The topological polar surface area (TPSA) is 99.1 Å². The van der Waals surface area contributed by atoms with Crippen LogP contribution in [0.25, 0.3) is 10.9 Å². The van der Waals surface area contributed by atoms with Crippen LogP contribution in [0.2, 0.25) is 0 Å². The minimum absolute atomic E-state index is 0.0141. The maximum Gasteiger partial charge on any atom is 0.283 e. The van der Waals surface area contributed by atoms with Crippen LogP contribution in [0.4, 0.5) is 11.4 Å². The highest BCUT2D eigenvalue weighted by atomic mass is 16.5. The number of carbonyl (C=O) groups excluding carboxylic acids is 1. The molecule has 0 saturated heterocycles. The first-order chi connectivity index (χ1) is 11.7. The molecule has 1 aromatic heterocycles. The quantitative estimate of drug-likeness (QED) is 0.624. The number of ether oxygens (including phenoxy) is 1. The average Bonchev–Trinajstić information content (AvgIpc) is 2.93. The number of rotatable bonds is 5. The van der Waals surface area contributed by atoms with Gasteiger partial charge in [-0.1, -0.05) is 24.3 Å². The van der Waals surface area contributed by atoms with Crippen molar-refractivity contribution in [2.75, 3.05) is 19.0 Å². The van der Waals surface area contributed by atoms with Crippen molar-refractivity contribution >= 4 is 28.2 Å². The van der Waals surface area contributed by atoms with Gasteiger partial charge in [-0.2, -0.15) is 0 Å². The van der Waals surface area contributed by atoms with Gasteiger partial charge in [-0.15, -0.1) is 10.2 Å². The number of anilines is 1. The van der Waals surface area contributed by atoms with E-state index in [1.54, 1.807) is 25.3 Å². The highest BCUT2D eigenvalue weighted by Crippen LogP contribution is 2.35. The molecular formula is C17H16N4O3. The maximum absolute atomic E-state index is 11.9. The molecule has 0 unspecified atom stereocenters. The molecule has 3 aromatic rings. The van der Waals surface area contributed by atoms with E-state index in [0.29, 0.717) is 11.1 Å². The van der Waals surface area contributed by atoms with Gasteiger partial charge >= 0.3 is 0 Å². The normalized spacial score (nSPS) is 11.0. The predicted molar refractivity (Wildman–Crippen MR) is 91.0 cm³/mol. The number of aromatic nitrogens is 1. The summed E-state index contributed by atoms with van der Waals surface area (Å²) >= 11 is 0. The van der Waals surface area contributed by atoms with E-state index in [0.717, 1.165) is 11.2 Å². The molecule has 0 radical (unpaired) electrons. The number of amides is 1. The Morgan fingerprint density at radius 1 is 1.25 bits per heavy atom. The number of H-pyrrole nitrogens is 1. The third-order valence-electron chi connectivity index (χ3n) is 3.43. The monoisotopic (exact) mass is 324 g/mol. The molecule has 7 heteroatoms. The molecule has 0 bridgehead atoms. The third kappa shape index (κ3) is 3.35. The van der Waals surface area contributed by atoms with Gasteiger partial charge in [0.25, 0.3) is 5.91 Å². The van der Waals surface area contributed by atoms with E-state index >= 15 is 0 Å². The molecule has 0 aliphatic rings. The predicted octanol–water partition coefficient (Wildman–Crippen LogP) is 3.60. The molecule has 2 aromatic carbocycles. The molecule has 0 saturated carbocycles. The zero-order valence-electron chi connectivity index (χ0n) is 13.0. The molecule has 3 N–H and O–H groups in total. The summed E-state index contributed by atoms with van der Waals surface area (Å²) in [6.07, 6.45) is 0. The number of benzene rings is 2. The van der Waals surface area contributed by atoms with E-state index in [1.807, 2.05) is 30.3 Å². The van der Waals surface area contributed by atoms with E-state index in [2.05, 4.69) is 20.5 Å². The Balaban J connectivity index is 1.67. The minimum Gasteiger partial charge on any atom is -0.497 e. The minimum atomic E-state index is -0.456. The Kier molecular flexibility index (Phi) is 4.42. The Bertz CT molecular complexity index is 902. The van der Waals surface area contributed by atoms with Crippen LogP contribution in [0.3, 0.4) is 0 Å². The van der Waals surface area contributed by atoms with E-state index < -0.39 is 5.91 Å². The average molecular weight is 324 g/mol. The number of aromatic hydroxyl groups is 1. The first-order valence-electron chi connectivity index (χ1n) is 7.29. The van der Waals surface area contributed by atoms with Gasteiger partial charge < -0.3 is 20.1 Å². The Morgan fingerprint density at radius 3 is 2.92 bits per heavy atom. The highest BCUT2D eigenvalue weighted by Gasteiger charge is 2.10. The Labute approximate surface area is 138 Å². The van der Waals surface area contributed by atoms with Crippen molar-refractivity contribution < 1.29 is 14.6 Å². The standard InChI is InChI=1S/C17H16N4O3/c1-24-12-6-4-5-11(9-12)18-10-15(22)20-21-16-13-7-2-3-8-14(13)19-17(16)23/h2-9,18-19,23H,10H2,1H3. The second-order valence-corrected chi connectivity index (χ2v) is 5.05. The second-order valence-electron chi connectivity index (χ2n) is 5.05. The molecule has 0 aliphatic heterocycles. The number of carbonyl (C=O) groups is 1. The van der Waals surface area contributed by atoms with Crippen molar-refractivity contribution in [2.45, 2.75) is 0 Å². The first kappa shape index (κ1) is 15.5.